The molecule has 3 fully saturated rings. The van der Waals surface area contributed by atoms with Crippen LogP contribution in [0.25, 0.3) is 0 Å². The van der Waals surface area contributed by atoms with Crippen LogP contribution >= 0.6 is 0 Å². The summed E-state index contributed by atoms with van der Waals surface area (Å²) in [5, 5.41) is 4.34. The number of rotatable bonds is 8. The largest absolute Gasteiger partial charge is 0.321 e. The summed E-state index contributed by atoms with van der Waals surface area (Å²) >= 11 is 0. The Hall–Kier alpha value is -2.67. The fourth-order valence-corrected chi connectivity index (χ4v) is 6.54. The molecule has 7 heteroatoms. The molecule has 1 aliphatic heterocycles. The van der Waals surface area contributed by atoms with Gasteiger partial charge in [-0.2, -0.15) is 5.10 Å². The van der Waals surface area contributed by atoms with Crippen molar-refractivity contribution in [1.29, 1.82) is 0 Å². The van der Waals surface area contributed by atoms with Crippen molar-refractivity contribution in [3.8, 4) is 0 Å². The molecule has 1 aromatic carbocycles. The molecule has 35 heavy (non-hydrogen) atoms. The SMILES string of the molecule is CN(C)C1(c2ccccc2)CCC2(CC1)CN(CC(=O)Cc1ccn(C)n1)C(=O)N2CC1CCC1. The zero-order valence-corrected chi connectivity index (χ0v) is 21.4. The van der Waals surface area contributed by atoms with Crippen molar-refractivity contribution >= 4 is 11.8 Å². The van der Waals surface area contributed by atoms with Crippen LogP contribution < -0.4 is 0 Å². The smallest absolute Gasteiger partial charge is 0.317 e. The van der Waals surface area contributed by atoms with Gasteiger partial charge >= 0.3 is 6.03 Å². The molecule has 7 nitrogen and oxygen atoms in total. The average Bonchev–Trinajstić information content (AvgIpc) is 3.32. The summed E-state index contributed by atoms with van der Waals surface area (Å²) < 4.78 is 1.71. The normalized spacial score (nSPS) is 27.1. The van der Waals surface area contributed by atoms with E-state index in [0.717, 1.165) is 37.9 Å². The Kier molecular flexibility index (Phi) is 6.47. The lowest BCUT2D eigenvalue weighted by Gasteiger charge is -2.51. The van der Waals surface area contributed by atoms with Crippen LogP contribution in [0.2, 0.25) is 0 Å². The van der Waals surface area contributed by atoms with E-state index in [0.29, 0.717) is 12.5 Å². The van der Waals surface area contributed by atoms with Crippen LogP contribution in [0.15, 0.2) is 42.6 Å². The first-order valence-corrected chi connectivity index (χ1v) is 13.1. The Bertz CT molecular complexity index is 1050. The second-order valence-electron chi connectivity index (χ2n) is 11.3. The van der Waals surface area contributed by atoms with Crippen LogP contribution in [0.4, 0.5) is 4.79 Å². The molecular weight excluding hydrogens is 438 g/mol. The number of carbonyl (C=O) groups is 2. The summed E-state index contributed by atoms with van der Waals surface area (Å²) in [5.74, 6) is 0.662. The van der Waals surface area contributed by atoms with Gasteiger partial charge in [0.05, 0.1) is 24.2 Å². The van der Waals surface area contributed by atoms with Gasteiger partial charge in [0, 0.05) is 31.9 Å². The highest BCUT2D eigenvalue weighted by Crippen LogP contribution is 2.49. The molecule has 0 N–H and O–H groups in total. The van der Waals surface area contributed by atoms with Crippen LogP contribution in [-0.4, -0.2) is 75.6 Å². The summed E-state index contributed by atoms with van der Waals surface area (Å²) in [6, 6.07) is 12.7. The number of carbonyl (C=O) groups excluding carboxylic acids is 2. The van der Waals surface area contributed by atoms with Gasteiger partial charge in [0.1, 0.15) is 0 Å². The lowest BCUT2D eigenvalue weighted by atomic mass is 9.68. The first kappa shape index (κ1) is 24.0. The summed E-state index contributed by atoms with van der Waals surface area (Å²) in [6.07, 6.45) is 9.76. The second-order valence-corrected chi connectivity index (χ2v) is 11.3. The molecule has 1 saturated heterocycles. The highest BCUT2D eigenvalue weighted by molar-refractivity contribution is 5.88. The van der Waals surface area contributed by atoms with Crippen molar-refractivity contribution in [1.82, 2.24) is 24.5 Å². The van der Waals surface area contributed by atoms with Gasteiger partial charge in [-0.25, -0.2) is 4.79 Å². The molecule has 0 unspecified atom stereocenters. The standard InChI is InChI=1S/C28H39N5O2/c1-30(2)28(23-10-5-4-6-11-23)15-13-27(14-16-28)21-32(26(35)33(27)19-22-8-7-9-22)20-25(34)18-24-12-17-31(3)29-24/h4-6,10-12,17,22H,7-9,13-16,18-21H2,1-3H3. The summed E-state index contributed by atoms with van der Waals surface area (Å²) in [7, 11) is 6.21. The van der Waals surface area contributed by atoms with Gasteiger partial charge < -0.3 is 9.80 Å². The number of amides is 2. The maximum Gasteiger partial charge on any atom is 0.321 e. The third kappa shape index (κ3) is 4.51. The van der Waals surface area contributed by atoms with Crippen LogP contribution in [0, 0.1) is 5.92 Å². The van der Waals surface area contributed by atoms with Gasteiger partial charge in [-0.15, -0.1) is 0 Å². The maximum absolute atomic E-state index is 13.7. The Morgan fingerprint density at radius 2 is 1.80 bits per heavy atom. The Balaban J connectivity index is 1.34. The van der Waals surface area contributed by atoms with E-state index in [4.69, 9.17) is 0 Å². The summed E-state index contributed by atoms with van der Waals surface area (Å²) in [4.78, 5) is 33.0. The van der Waals surface area contributed by atoms with Gasteiger partial charge in [-0.3, -0.25) is 14.4 Å². The molecule has 188 valence electrons. The number of benzene rings is 1. The van der Waals surface area contributed by atoms with E-state index < -0.39 is 0 Å². The Labute approximate surface area is 209 Å². The minimum Gasteiger partial charge on any atom is -0.317 e. The number of Topliss-reactive ketones (excluding diaryl/α,β-unsaturated/α-hetero) is 1. The third-order valence-corrected chi connectivity index (χ3v) is 8.91. The number of urea groups is 1. The molecule has 0 bridgehead atoms. The van der Waals surface area contributed by atoms with Crippen molar-refractivity contribution in [2.24, 2.45) is 13.0 Å². The summed E-state index contributed by atoms with van der Waals surface area (Å²) in [6.45, 7) is 1.67. The molecule has 5 rings (SSSR count). The molecule has 3 aliphatic rings. The highest BCUT2D eigenvalue weighted by atomic mass is 16.2. The fourth-order valence-electron chi connectivity index (χ4n) is 6.54. The van der Waals surface area contributed by atoms with Crippen molar-refractivity contribution in [2.45, 2.75) is 62.4 Å². The molecule has 1 spiro atoms. The van der Waals surface area contributed by atoms with E-state index >= 15 is 0 Å². The average molecular weight is 478 g/mol. The lowest BCUT2D eigenvalue weighted by Crippen LogP contribution is -2.56. The van der Waals surface area contributed by atoms with Gasteiger partial charge in [0.15, 0.2) is 5.78 Å². The van der Waals surface area contributed by atoms with Crippen molar-refractivity contribution in [3.05, 3.63) is 53.9 Å². The number of aromatic nitrogens is 2. The Morgan fingerprint density at radius 1 is 1.09 bits per heavy atom. The molecule has 1 aromatic heterocycles. The van der Waals surface area contributed by atoms with Crippen molar-refractivity contribution in [2.75, 3.05) is 33.7 Å². The third-order valence-electron chi connectivity index (χ3n) is 8.91. The highest BCUT2D eigenvalue weighted by Gasteiger charge is 2.55. The van der Waals surface area contributed by atoms with E-state index in [1.807, 2.05) is 24.2 Å². The van der Waals surface area contributed by atoms with Crippen molar-refractivity contribution < 1.29 is 9.59 Å². The molecular formula is C28H39N5O2. The van der Waals surface area contributed by atoms with E-state index in [1.165, 1.54) is 24.8 Å². The summed E-state index contributed by atoms with van der Waals surface area (Å²) in [5.41, 5.74) is 1.94. The topological polar surface area (TPSA) is 61.7 Å². The molecule has 0 radical (unpaired) electrons. The molecule has 2 aliphatic carbocycles. The van der Waals surface area contributed by atoms with E-state index in [-0.39, 0.29) is 35.9 Å². The van der Waals surface area contributed by atoms with Crippen molar-refractivity contribution in [3.63, 3.8) is 0 Å². The Morgan fingerprint density at radius 3 is 2.37 bits per heavy atom. The molecule has 2 saturated carbocycles. The minimum atomic E-state index is -0.174. The predicted molar refractivity (Wildman–Crippen MR) is 136 cm³/mol. The zero-order valence-electron chi connectivity index (χ0n) is 21.4. The van der Waals surface area contributed by atoms with Gasteiger partial charge in [0.25, 0.3) is 0 Å². The maximum atomic E-state index is 13.7. The molecule has 2 amide bonds. The quantitative estimate of drug-likeness (QED) is 0.580. The van der Waals surface area contributed by atoms with Gasteiger partial charge in [-0.05, 0) is 70.2 Å². The molecule has 2 aromatic rings. The van der Waals surface area contributed by atoms with Gasteiger partial charge in [-0.1, -0.05) is 36.8 Å². The number of hydrogen-bond acceptors (Lipinski definition) is 4. The zero-order chi connectivity index (χ0) is 24.6. The second kappa shape index (κ2) is 9.41. The van der Waals surface area contributed by atoms with Gasteiger partial charge in [0.2, 0.25) is 0 Å². The number of aryl methyl sites for hydroxylation is 1. The monoisotopic (exact) mass is 477 g/mol. The van der Waals surface area contributed by atoms with Crippen LogP contribution in [0.5, 0.6) is 0 Å². The predicted octanol–water partition coefficient (Wildman–Crippen LogP) is 3.84. The van der Waals surface area contributed by atoms with E-state index in [2.05, 4.69) is 59.3 Å². The number of ketones is 1. The van der Waals surface area contributed by atoms with Crippen LogP contribution in [-0.2, 0) is 23.8 Å². The molecule has 2 heterocycles. The van der Waals surface area contributed by atoms with E-state index in [9.17, 15) is 9.59 Å². The first-order valence-electron chi connectivity index (χ1n) is 13.1. The lowest BCUT2D eigenvalue weighted by molar-refractivity contribution is -0.119. The first-order chi connectivity index (χ1) is 16.8. The fraction of sp³-hybridized carbons (Fsp3) is 0.607. The minimum absolute atomic E-state index is 0.0140. The number of hydrogen-bond donors (Lipinski definition) is 0. The van der Waals surface area contributed by atoms with Crippen LogP contribution in [0.3, 0.4) is 0 Å². The number of nitrogens with zero attached hydrogens (tertiary/aromatic N) is 5. The molecule has 0 atom stereocenters. The van der Waals surface area contributed by atoms with Crippen LogP contribution in [0.1, 0.15) is 56.2 Å². The van der Waals surface area contributed by atoms with E-state index in [1.54, 1.807) is 4.68 Å².